The molecule has 0 unspecified atom stereocenters. The van der Waals surface area contributed by atoms with Gasteiger partial charge in [-0.25, -0.2) is 4.79 Å². The summed E-state index contributed by atoms with van der Waals surface area (Å²) in [6.07, 6.45) is 1.80. The summed E-state index contributed by atoms with van der Waals surface area (Å²) in [5.41, 5.74) is 5.03. The Hall–Kier alpha value is -1.83. The number of carboxylic acid groups (broad SMARTS) is 1. The Kier molecular flexibility index (Phi) is 2.89. The quantitative estimate of drug-likeness (QED) is 0.801. The number of benzene rings is 1. The van der Waals surface area contributed by atoms with Crippen LogP contribution in [0.1, 0.15) is 38.8 Å². The first-order chi connectivity index (χ1) is 8.35. The lowest BCUT2D eigenvalue weighted by Gasteiger charge is -2.23. The third-order valence-corrected chi connectivity index (χ3v) is 3.78. The second-order valence-electron chi connectivity index (χ2n) is 5.34. The van der Waals surface area contributed by atoms with Crippen LogP contribution in [-0.4, -0.2) is 11.1 Å². The molecule has 1 N–H and O–H groups in total. The van der Waals surface area contributed by atoms with Crippen LogP contribution in [0.15, 0.2) is 41.5 Å². The molecule has 2 heteroatoms. The van der Waals surface area contributed by atoms with Crippen molar-refractivity contribution in [2.45, 2.75) is 33.1 Å². The number of carbonyl (C=O) groups is 1. The van der Waals surface area contributed by atoms with Crippen molar-refractivity contribution in [2.24, 2.45) is 0 Å². The van der Waals surface area contributed by atoms with Crippen LogP contribution >= 0.6 is 0 Å². The standard InChI is InChI=1S/C16H18O2/c1-10(15(17)18)9-14-11(2)12-7-5-6-8-13(12)16(14,3)4/h5-9H,1-4H3,(H,17,18)/b10-9+. The van der Waals surface area contributed by atoms with Crippen molar-refractivity contribution in [3.8, 4) is 0 Å². The molecule has 0 bridgehead atoms. The van der Waals surface area contributed by atoms with Gasteiger partial charge in [0, 0.05) is 11.0 Å². The monoisotopic (exact) mass is 242 g/mol. The Balaban J connectivity index is 2.61. The molecule has 94 valence electrons. The lowest BCUT2D eigenvalue weighted by Crippen LogP contribution is -2.16. The van der Waals surface area contributed by atoms with Crippen molar-refractivity contribution in [3.05, 3.63) is 52.6 Å². The molecule has 0 heterocycles. The predicted octanol–water partition coefficient (Wildman–Crippen LogP) is 3.78. The Labute approximate surface area is 108 Å². The molecule has 0 radical (unpaired) electrons. The Morgan fingerprint density at radius 3 is 2.44 bits per heavy atom. The number of rotatable bonds is 2. The Bertz CT molecular complexity index is 575. The van der Waals surface area contributed by atoms with Gasteiger partial charge in [-0.05, 0) is 42.2 Å². The van der Waals surface area contributed by atoms with Gasteiger partial charge in [-0.1, -0.05) is 38.1 Å². The van der Waals surface area contributed by atoms with Gasteiger partial charge >= 0.3 is 5.97 Å². The fraction of sp³-hybridized carbons (Fsp3) is 0.312. The van der Waals surface area contributed by atoms with Crippen molar-refractivity contribution in [2.75, 3.05) is 0 Å². The minimum atomic E-state index is -0.859. The lowest BCUT2D eigenvalue weighted by atomic mass is 9.80. The van der Waals surface area contributed by atoms with Crippen molar-refractivity contribution in [1.29, 1.82) is 0 Å². The van der Waals surface area contributed by atoms with Crippen molar-refractivity contribution >= 4 is 11.5 Å². The number of aliphatic carboxylic acids is 1. The maximum atomic E-state index is 11.0. The molecule has 0 atom stereocenters. The number of hydrogen-bond acceptors (Lipinski definition) is 1. The second kappa shape index (κ2) is 4.13. The van der Waals surface area contributed by atoms with Gasteiger partial charge in [-0.15, -0.1) is 0 Å². The summed E-state index contributed by atoms with van der Waals surface area (Å²) in [6.45, 7) is 7.99. The van der Waals surface area contributed by atoms with Crippen LogP contribution in [0.4, 0.5) is 0 Å². The van der Waals surface area contributed by atoms with E-state index in [4.69, 9.17) is 5.11 Å². The number of allylic oxidation sites excluding steroid dienone is 3. The minimum absolute atomic E-state index is 0.128. The first kappa shape index (κ1) is 12.6. The van der Waals surface area contributed by atoms with Crippen LogP contribution in [0.3, 0.4) is 0 Å². The molecular formula is C16H18O2. The van der Waals surface area contributed by atoms with Crippen LogP contribution in [0, 0.1) is 0 Å². The summed E-state index contributed by atoms with van der Waals surface area (Å²) < 4.78 is 0. The fourth-order valence-electron chi connectivity index (χ4n) is 2.68. The third-order valence-electron chi connectivity index (χ3n) is 3.78. The average molecular weight is 242 g/mol. The number of fused-ring (bicyclic) bond motifs is 1. The molecule has 1 aromatic rings. The van der Waals surface area contributed by atoms with Crippen LogP contribution in [-0.2, 0) is 10.2 Å². The van der Waals surface area contributed by atoms with Crippen LogP contribution in [0.5, 0.6) is 0 Å². The predicted molar refractivity (Wildman–Crippen MR) is 73.5 cm³/mol. The van der Waals surface area contributed by atoms with Gasteiger partial charge in [-0.3, -0.25) is 0 Å². The molecule has 0 saturated heterocycles. The zero-order chi connectivity index (χ0) is 13.5. The number of carboxylic acids is 1. The minimum Gasteiger partial charge on any atom is -0.478 e. The zero-order valence-corrected chi connectivity index (χ0v) is 11.2. The van der Waals surface area contributed by atoms with E-state index >= 15 is 0 Å². The van der Waals surface area contributed by atoms with Crippen LogP contribution < -0.4 is 0 Å². The molecule has 1 aliphatic rings. The average Bonchev–Trinajstić information content (AvgIpc) is 2.51. The van der Waals surface area contributed by atoms with Gasteiger partial charge in [-0.2, -0.15) is 0 Å². The molecule has 2 rings (SSSR count). The molecule has 1 aromatic carbocycles. The van der Waals surface area contributed by atoms with Gasteiger partial charge in [0.2, 0.25) is 0 Å². The van der Waals surface area contributed by atoms with E-state index in [1.807, 2.05) is 12.1 Å². The van der Waals surface area contributed by atoms with Gasteiger partial charge in [0.05, 0.1) is 0 Å². The highest BCUT2D eigenvalue weighted by atomic mass is 16.4. The van der Waals surface area contributed by atoms with Gasteiger partial charge < -0.3 is 5.11 Å². The molecule has 1 aliphatic carbocycles. The molecule has 0 amide bonds. The van der Waals surface area contributed by atoms with Gasteiger partial charge in [0.25, 0.3) is 0 Å². The van der Waals surface area contributed by atoms with E-state index in [0.717, 1.165) is 5.57 Å². The highest BCUT2D eigenvalue weighted by molar-refractivity contribution is 5.89. The Morgan fingerprint density at radius 2 is 1.89 bits per heavy atom. The molecular weight excluding hydrogens is 224 g/mol. The fourth-order valence-corrected chi connectivity index (χ4v) is 2.68. The highest BCUT2D eigenvalue weighted by Crippen LogP contribution is 2.46. The van der Waals surface area contributed by atoms with E-state index < -0.39 is 5.97 Å². The first-order valence-corrected chi connectivity index (χ1v) is 6.08. The number of hydrogen-bond donors (Lipinski definition) is 1. The van der Waals surface area contributed by atoms with Crippen molar-refractivity contribution in [3.63, 3.8) is 0 Å². The summed E-state index contributed by atoms with van der Waals surface area (Å²) in [4.78, 5) is 11.0. The van der Waals surface area contributed by atoms with E-state index in [2.05, 4.69) is 32.9 Å². The van der Waals surface area contributed by atoms with E-state index in [9.17, 15) is 4.79 Å². The summed E-state index contributed by atoms with van der Waals surface area (Å²) in [5.74, 6) is -0.859. The Morgan fingerprint density at radius 1 is 1.28 bits per heavy atom. The molecule has 2 nitrogen and oxygen atoms in total. The molecule has 0 fully saturated rings. The molecule has 0 aliphatic heterocycles. The van der Waals surface area contributed by atoms with Gasteiger partial charge in [0.15, 0.2) is 0 Å². The summed E-state index contributed by atoms with van der Waals surface area (Å²) >= 11 is 0. The largest absolute Gasteiger partial charge is 0.478 e. The van der Waals surface area contributed by atoms with Crippen molar-refractivity contribution < 1.29 is 9.90 Å². The maximum absolute atomic E-state index is 11.0. The van der Waals surface area contributed by atoms with E-state index in [0.29, 0.717) is 5.57 Å². The second-order valence-corrected chi connectivity index (χ2v) is 5.34. The van der Waals surface area contributed by atoms with E-state index in [1.54, 1.807) is 13.0 Å². The van der Waals surface area contributed by atoms with Gasteiger partial charge in [0.1, 0.15) is 0 Å². The van der Waals surface area contributed by atoms with Crippen molar-refractivity contribution in [1.82, 2.24) is 0 Å². The smallest absolute Gasteiger partial charge is 0.331 e. The van der Waals surface area contributed by atoms with E-state index in [-0.39, 0.29) is 5.41 Å². The topological polar surface area (TPSA) is 37.3 Å². The lowest BCUT2D eigenvalue weighted by molar-refractivity contribution is -0.132. The SMILES string of the molecule is CC1=C(/C=C(\C)C(=O)O)C(C)(C)c2ccccc21. The highest BCUT2D eigenvalue weighted by Gasteiger charge is 2.34. The molecule has 0 aromatic heterocycles. The maximum Gasteiger partial charge on any atom is 0.331 e. The summed E-state index contributed by atoms with van der Waals surface area (Å²) in [5, 5.41) is 9.02. The first-order valence-electron chi connectivity index (χ1n) is 6.08. The summed E-state index contributed by atoms with van der Waals surface area (Å²) in [6, 6.07) is 8.28. The molecule has 18 heavy (non-hydrogen) atoms. The summed E-state index contributed by atoms with van der Waals surface area (Å²) in [7, 11) is 0. The van der Waals surface area contributed by atoms with Crippen LogP contribution in [0.25, 0.3) is 5.57 Å². The van der Waals surface area contributed by atoms with E-state index in [1.165, 1.54) is 16.7 Å². The molecule has 0 spiro atoms. The third kappa shape index (κ3) is 1.78. The molecule has 0 saturated carbocycles. The van der Waals surface area contributed by atoms with Crippen LogP contribution in [0.2, 0.25) is 0 Å². The normalized spacial score (nSPS) is 17.9. The zero-order valence-electron chi connectivity index (χ0n) is 11.2.